The van der Waals surface area contributed by atoms with Crippen molar-refractivity contribution in [3.05, 3.63) is 12.3 Å². The molecule has 0 bridgehead atoms. The predicted molar refractivity (Wildman–Crippen MR) is 76.6 cm³/mol. The van der Waals surface area contributed by atoms with Crippen molar-refractivity contribution >= 4 is 11.7 Å². The third kappa shape index (κ3) is 4.69. The van der Waals surface area contributed by atoms with Gasteiger partial charge in [0.25, 0.3) is 0 Å². The molecule has 0 aromatic rings. The first-order valence-corrected chi connectivity index (χ1v) is 7.11. The van der Waals surface area contributed by atoms with Crippen LogP contribution in [0.3, 0.4) is 0 Å². The highest BCUT2D eigenvalue weighted by molar-refractivity contribution is 5.91. The molecule has 4 heteroatoms. The number of carbonyl (C=O) groups excluding carboxylic acids is 2. The van der Waals surface area contributed by atoms with Crippen molar-refractivity contribution in [2.45, 2.75) is 45.6 Å². The van der Waals surface area contributed by atoms with E-state index in [0.717, 1.165) is 32.2 Å². The van der Waals surface area contributed by atoms with E-state index < -0.39 is 0 Å². The van der Waals surface area contributed by atoms with Gasteiger partial charge in [-0.1, -0.05) is 6.42 Å². The van der Waals surface area contributed by atoms with Crippen molar-refractivity contribution < 1.29 is 9.59 Å². The van der Waals surface area contributed by atoms with Crippen molar-refractivity contribution in [3.8, 4) is 0 Å². The molecule has 1 amide bonds. The second-order valence-corrected chi connectivity index (χ2v) is 5.50. The fraction of sp³-hybridized carbons (Fsp3) is 0.733. The topological polar surface area (TPSA) is 40.6 Å². The lowest BCUT2D eigenvalue weighted by atomic mass is 9.82. The van der Waals surface area contributed by atoms with Gasteiger partial charge in [0, 0.05) is 45.7 Å². The highest BCUT2D eigenvalue weighted by Crippen LogP contribution is 2.28. The number of carbonyl (C=O) groups is 2. The summed E-state index contributed by atoms with van der Waals surface area (Å²) in [5.74, 6) is 0.380. The molecule has 1 rings (SSSR count). The molecule has 1 aliphatic carbocycles. The lowest BCUT2D eigenvalue weighted by molar-refractivity contribution is -0.133. The van der Waals surface area contributed by atoms with Crippen LogP contribution in [0.15, 0.2) is 12.3 Å². The van der Waals surface area contributed by atoms with Crippen LogP contribution in [0.4, 0.5) is 0 Å². The Labute approximate surface area is 116 Å². The van der Waals surface area contributed by atoms with E-state index in [-0.39, 0.29) is 23.7 Å². The van der Waals surface area contributed by atoms with Gasteiger partial charge in [-0.2, -0.15) is 0 Å². The van der Waals surface area contributed by atoms with Gasteiger partial charge in [-0.25, -0.2) is 0 Å². The van der Waals surface area contributed by atoms with E-state index in [0.29, 0.717) is 0 Å². The van der Waals surface area contributed by atoms with Crippen LogP contribution in [0.2, 0.25) is 0 Å². The third-order valence-corrected chi connectivity index (χ3v) is 3.77. The molecule has 0 radical (unpaired) electrons. The fourth-order valence-electron chi connectivity index (χ4n) is 2.80. The van der Waals surface area contributed by atoms with Crippen molar-refractivity contribution in [1.82, 2.24) is 9.80 Å². The first kappa shape index (κ1) is 15.7. The van der Waals surface area contributed by atoms with Gasteiger partial charge in [-0.15, -0.1) is 0 Å². The first-order chi connectivity index (χ1) is 8.95. The van der Waals surface area contributed by atoms with E-state index in [1.807, 2.05) is 30.8 Å². The standard InChI is InChI=1S/C15H26N2O2/c1-5-17(12(2)18)14-8-6-7-13(11-14)15(19)9-10-16(3)4/h9-10,13-14H,5-8,11H2,1-4H3/b10-9-. The zero-order chi connectivity index (χ0) is 14.4. The number of nitrogens with zero attached hydrogens (tertiary/aromatic N) is 2. The molecule has 0 heterocycles. The van der Waals surface area contributed by atoms with Gasteiger partial charge in [0.2, 0.25) is 5.91 Å². The van der Waals surface area contributed by atoms with Crippen LogP contribution in [0.25, 0.3) is 0 Å². The van der Waals surface area contributed by atoms with Crippen LogP contribution in [-0.4, -0.2) is 48.2 Å². The van der Waals surface area contributed by atoms with Gasteiger partial charge in [-0.3, -0.25) is 9.59 Å². The zero-order valence-electron chi connectivity index (χ0n) is 12.6. The molecular weight excluding hydrogens is 240 g/mol. The Kier molecular flexibility index (Phi) is 6.06. The van der Waals surface area contributed by atoms with E-state index in [4.69, 9.17) is 0 Å². The molecule has 108 valence electrons. The second-order valence-electron chi connectivity index (χ2n) is 5.50. The summed E-state index contributed by atoms with van der Waals surface area (Å²) in [6.45, 7) is 4.34. The molecule has 1 aliphatic rings. The summed E-state index contributed by atoms with van der Waals surface area (Å²) < 4.78 is 0. The molecule has 1 fully saturated rings. The summed E-state index contributed by atoms with van der Waals surface area (Å²) in [5.41, 5.74) is 0. The minimum atomic E-state index is 0.0725. The Hall–Kier alpha value is -1.32. The number of hydrogen-bond donors (Lipinski definition) is 0. The van der Waals surface area contributed by atoms with Crippen LogP contribution in [0.5, 0.6) is 0 Å². The predicted octanol–water partition coefficient (Wildman–Crippen LogP) is 2.06. The van der Waals surface area contributed by atoms with Gasteiger partial charge in [0.05, 0.1) is 0 Å². The number of amides is 1. The highest BCUT2D eigenvalue weighted by atomic mass is 16.2. The molecule has 2 atom stereocenters. The Morgan fingerprint density at radius 2 is 1.95 bits per heavy atom. The molecule has 0 aromatic carbocycles. The summed E-state index contributed by atoms with van der Waals surface area (Å²) in [5, 5.41) is 0. The number of ketones is 1. The van der Waals surface area contributed by atoms with Crippen LogP contribution in [0.1, 0.15) is 39.5 Å². The normalized spacial score (nSPS) is 23.4. The quantitative estimate of drug-likeness (QED) is 0.715. The Morgan fingerprint density at radius 3 is 2.47 bits per heavy atom. The number of rotatable bonds is 5. The van der Waals surface area contributed by atoms with E-state index in [1.54, 1.807) is 19.2 Å². The molecular formula is C15H26N2O2. The van der Waals surface area contributed by atoms with Crippen molar-refractivity contribution in [2.75, 3.05) is 20.6 Å². The number of allylic oxidation sites excluding steroid dienone is 1. The first-order valence-electron chi connectivity index (χ1n) is 7.11. The van der Waals surface area contributed by atoms with Crippen LogP contribution < -0.4 is 0 Å². The van der Waals surface area contributed by atoms with Crippen molar-refractivity contribution in [1.29, 1.82) is 0 Å². The Morgan fingerprint density at radius 1 is 1.26 bits per heavy atom. The summed E-state index contributed by atoms with van der Waals surface area (Å²) in [6.07, 6.45) is 7.27. The van der Waals surface area contributed by atoms with Crippen molar-refractivity contribution in [3.63, 3.8) is 0 Å². The van der Waals surface area contributed by atoms with Crippen molar-refractivity contribution in [2.24, 2.45) is 5.92 Å². The van der Waals surface area contributed by atoms with Gasteiger partial charge < -0.3 is 9.80 Å². The summed E-state index contributed by atoms with van der Waals surface area (Å²) in [6, 6.07) is 0.234. The maximum Gasteiger partial charge on any atom is 0.219 e. The highest BCUT2D eigenvalue weighted by Gasteiger charge is 2.30. The van der Waals surface area contributed by atoms with Crippen LogP contribution >= 0.6 is 0 Å². The van der Waals surface area contributed by atoms with Gasteiger partial charge >= 0.3 is 0 Å². The fourth-order valence-corrected chi connectivity index (χ4v) is 2.80. The molecule has 2 unspecified atom stereocenters. The lowest BCUT2D eigenvalue weighted by Gasteiger charge is -2.35. The molecule has 0 aliphatic heterocycles. The van der Waals surface area contributed by atoms with Gasteiger partial charge in [-0.05, 0) is 32.3 Å². The molecule has 0 N–H and O–H groups in total. The maximum atomic E-state index is 12.1. The largest absolute Gasteiger partial charge is 0.383 e. The van der Waals surface area contributed by atoms with Crippen LogP contribution in [-0.2, 0) is 9.59 Å². The smallest absolute Gasteiger partial charge is 0.219 e. The average molecular weight is 266 g/mol. The Balaban J connectivity index is 2.63. The van der Waals surface area contributed by atoms with E-state index in [2.05, 4.69) is 0 Å². The molecule has 0 aromatic heterocycles. The lowest BCUT2D eigenvalue weighted by Crippen LogP contribution is -2.42. The second kappa shape index (κ2) is 7.31. The summed E-state index contributed by atoms with van der Waals surface area (Å²) >= 11 is 0. The molecule has 4 nitrogen and oxygen atoms in total. The van der Waals surface area contributed by atoms with Gasteiger partial charge in [0.15, 0.2) is 5.78 Å². The van der Waals surface area contributed by atoms with E-state index in [1.165, 1.54) is 0 Å². The SMILES string of the molecule is CCN(C(C)=O)C1CCCC(C(=O)/C=C\N(C)C)C1. The zero-order valence-corrected chi connectivity index (χ0v) is 12.6. The summed E-state index contributed by atoms with van der Waals surface area (Å²) in [4.78, 5) is 27.5. The monoisotopic (exact) mass is 266 g/mol. The third-order valence-electron chi connectivity index (χ3n) is 3.77. The van der Waals surface area contributed by atoms with E-state index in [9.17, 15) is 9.59 Å². The average Bonchev–Trinajstić information content (AvgIpc) is 2.36. The maximum absolute atomic E-state index is 12.1. The summed E-state index contributed by atoms with van der Waals surface area (Å²) in [7, 11) is 3.81. The molecule has 0 saturated heterocycles. The molecule has 0 spiro atoms. The molecule has 1 saturated carbocycles. The molecule has 19 heavy (non-hydrogen) atoms. The van der Waals surface area contributed by atoms with Gasteiger partial charge in [0.1, 0.15) is 0 Å². The number of hydrogen-bond acceptors (Lipinski definition) is 3. The Bertz CT molecular complexity index is 350. The minimum absolute atomic E-state index is 0.0725. The van der Waals surface area contributed by atoms with E-state index >= 15 is 0 Å². The van der Waals surface area contributed by atoms with Crippen LogP contribution in [0, 0.1) is 5.92 Å². The minimum Gasteiger partial charge on any atom is -0.383 e.